The van der Waals surface area contributed by atoms with E-state index in [2.05, 4.69) is 5.32 Å². The van der Waals surface area contributed by atoms with Crippen LogP contribution in [0.4, 0.5) is 0 Å². The van der Waals surface area contributed by atoms with Crippen molar-refractivity contribution in [1.82, 2.24) is 5.32 Å². The van der Waals surface area contributed by atoms with Crippen molar-refractivity contribution in [3.8, 4) is 0 Å². The number of rotatable bonds is 10. The van der Waals surface area contributed by atoms with Crippen LogP contribution in [0.1, 0.15) is 43.7 Å². The maximum atomic E-state index is 12.8. The number of hydrogen-bond acceptors (Lipinski definition) is 4. The zero-order chi connectivity index (χ0) is 21.3. The van der Waals surface area contributed by atoms with Gasteiger partial charge in [0.05, 0.1) is 13.5 Å². The first-order valence-electron chi connectivity index (χ1n) is 9.77. The van der Waals surface area contributed by atoms with Crippen LogP contribution in [0.2, 0.25) is 5.02 Å². The molecular formula is C23H28ClNO4. The van der Waals surface area contributed by atoms with Gasteiger partial charge in [-0.2, -0.15) is 0 Å². The van der Waals surface area contributed by atoms with Crippen LogP contribution >= 0.6 is 11.6 Å². The van der Waals surface area contributed by atoms with Crippen LogP contribution in [-0.4, -0.2) is 30.1 Å². The third-order valence-electron chi connectivity index (χ3n) is 4.82. The third kappa shape index (κ3) is 6.87. The molecule has 2 rings (SSSR count). The molecule has 29 heavy (non-hydrogen) atoms. The van der Waals surface area contributed by atoms with Gasteiger partial charge in [0, 0.05) is 11.4 Å². The Kier molecular flexibility index (Phi) is 8.68. The van der Waals surface area contributed by atoms with Crippen molar-refractivity contribution in [3.63, 3.8) is 0 Å². The second kappa shape index (κ2) is 11.0. The molecule has 6 heteroatoms. The first-order valence-corrected chi connectivity index (χ1v) is 10.2. The van der Waals surface area contributed by atoms with Crippen LogP contribution < -0.4 is 5.32 Å². The molecule has 0 heterocycles. The summed E-state index contributed by atoms with van der Waals surface area (Å²) in [4.78, 5) is 24.8. The van der Waals surface area contributed by atoms with Gasteiger partial charge in [0.2, 0.25) is 5.91 Å². The van der Waals surface area contributed by atoms with Gasteiger partial charge in [0.1, 0.15) is 11.6 Å². The molecule has 0 radical (unpaired) electrons. The summed E-state index contributed by atoms with van der Waals surface area (Å²) in [6, 6.07) is 15.5. The van der Waals surface area contributed by atoms with E-state index in [1.54, 1.807) is 30.3 Å². The van der Waals surface area contributed by atoms with Gasteiger partial charge in [-0.1, -0.05) is 73.8 Å². The smallest absolute Gasteiger partial charge is 0.328 e. The van der Waals surface area contributed by atoms with Crippen molar-refractivity contribution >= 4 is 23.5 Å². The highest BCUT2D eigenvalue weighted by Gasteiger charge is 2.34. The van der Waals surface area contributed by atoms with Gasteiger partial charge in [0.15, 0.2) is 0 Å². The summed E-state index contributed by atoms with van der Waals surface area (Å²) >= 11 is 6.08. The Hall–Kier alpha value is -2.37. The van der Waals surface area contributed by atoms with Crippen molar-refractivity contribution in [3.05, 3.63) is 70.7 Å². The second-order valence-corrected chi connectivity index (χ2v) is 7.60. The van der Waals surface area contributed by atoms with E-state index in [0.29, 0.717) is 17.0 Å². The first kappa shape index (κ1) is 22.9. The summed E-state index contributed by atoms with van der Waals surface area (Å²) in [6.45, 7) is 2.01. The van der Waals surface area contributed by atoms with Gasteiger partial charge >= 0.3 is 5.97 Å². The number of halogens is 1. The van der Waals surface area contributed by atoms with Gasteiger partial charge in [-0.3, -0.25) is 4.79 Å². The molecule has 156 valence electrons. The highest BCUT2D eigenvalue weighted by atomic mass is 35.5. The summed E-state index contributed by atoms with van der Waals surface area (Å²) in [6.07, 6.45) is 2.19. The molecule has 5 nitrogen and oxygen atoms in total. The lowest BCUT2D eigenvalue weighted by atomic mass is 9.84. The Balaban J connectivity index is 2.22. The van der Waals surface area contributed by atoms with Crippen molar-refractivity contribution in [1.29, 1.82) is 0 Å². The van der Waals surface area contributed by atoms with Crippen molar-refractivity contribution in [2.45, 2.75) is 50.7 Å². The Morgan fingerprint density at radius 2 is 1.90 bits per heavy atom. The van der Waals surface area contributed by atoms with E-state index in [-0.39, 0.29) is 12.8 Å². The minimum Gasteiger partial charge on any atom is -0.467 e. The predicted molar refractivity (Wildman–Crippen MR) is 114 cm³/mol. The molecule has 0 fully saturated rings. The number of ether oxygens (including phenoxy) is 1. The molecule has 2 aromatic rings. The van der Waals surface area contributed by atoms with E-state index >= 15 is 0 Å². The van der Waals surface area contributed by atoms with Crippen molar-refractivity contribution in [2.75, 3.05) is 7.11 Å². The molecule has 0 spiro atoms. The van der Waals surface area contributed by atoms with E-state index in [9.17, 15) is 14.7 Å². The zero-order valence-electron chi connectivity index (χ0n) is 16.9. The maximum Gasteiger partial charge on any atom is 0.328 e. The number of carbonyl (C=O) groups is 2. The van der Waals surface area contributed by atoms with Crippen LogP contribution in [0.5, 0.6) is 0 Å². The topological polar surface area (TPSA) is 75.6 Å². The minimum atomic E-state index is -1.44. The van der Waals surface area contributed by atoms with Crippen molar-refractivity contribution in [2.24, 2.45) is 0 Å². The number of unbranched alkanes of at least 4 members (excludes halogenated alkanes) is 1. The number of hydrogen-bond donors (Lipinski definition) is 2. The lowest BCUT2D eigenvalue weighted by Gasteiger charge is -2.29. The molecule has 2 aromatic carbocycles. The lowest BCUT2D eigenvalue weighted by Crippen LogP contribution is -2.44. The fourth-order valence-corrected chi connectivity index (χ4v) is 3.52. The summed E-state index contributed by atoms with van der Waals surface area (Å²) in [5.74, 6) is -0.894. The zero-order valence-corrected chi connectivity index (χ0v) is 17.6. The van der Waals surface area contributed by atoms with Gasteiger partial charge in [-0.25, -0.2) is 4.79 Å². The molecule has 0 aliphatic heterocycles. The number of nitrogens with one attached hydrogen (secondary N) is 1. The molecule has 1 amide bonds. The van der Waals surface area contributed by atoms with E-state index < -0.39 is 23.5 Å². The Bertz CT molecular complexity index is 812. The van der Waals surface area contributed by atoms with E-state index in [0.717, 1.165) is 18.4 Å². The number of amides is 1. The number of methoxy groups -OCH3 is 1. The van der Waals surface area contributed by atoms with Gasteiger partial charge < -0.3 is 15.2 Å². The van der Waals surface area contributed by atoms with E-state index in [1.165, 1.54) is 7.11 Å². The summed E-state index contributed by atoms with van der Waals surface area (Å²) < 4.78 is 4.80. The third-order valence-corrected chi connectivity index (χ3v) is 5.05. The maximum absolute atomic E-state index is 12.8. The quantitative estimate of drug-likeness (QED) is 0.573. The van der Waals surface area contributed by atoms with Crippen LogP contribution in [0.15, 0.2) is 54.6 Å². The Labute approximate surface area is 177 Å². The Morgan fingerprint density at radius 1 is 1.17 bits per heavy atom. The number of esters is 1. The number of benzene rings is 2. The van der Waals surface area contributed by atoms with Crippen LogP contribution in [-0.2, 0) is 26.3 Å². The fourth-order valence-electron chi connectivity index (χ4n) is 3.31. The van der Waals surface area contributed by atoms with Crippen LogP contribution in [0.3, 0.4) is 0 Å². The number of carbonyl (C=O) groups excluding carboxylic acids is 2. The summed E-state index contributed by atoms with van der Waals surface area (Å²) in [7, 11) is 1.30. The average Bonchev–Trinajstić information content (AvgIpc) is 2.71. The number of aliphatic hydroxyl groups is 1. The second-order valence-electron chi connectivity index (χ2n) is 7.17. The summed E-state index contributed by atoms with van der Waals surface area (Å²) in [5, 5.41) is 14.8. The average molecular weight is 418 g/mol. The van der Waals surface area contributed by atoms with Gasteiger partial charge in [-0.15, -0.1) is 0 Å². The fraction of sp³-hybridized carbons (Fsp3) is 0.391. The molecule has 0 aliphatic carbocycles. The van der Waals surface area contributed by atoms with E-state index in [1.807, 2.05) is 31.2 Å². The Morgan fingerprint density at radius 3 is 2.52 bits per heavy atom. The van der Waals surface area contributed by atoms with Crippen LogP contribution in [0, 0.1) is 0 Å². The molecule has 0 bridgehead atoms. The van der Waals surface area contributed by atoms with Crippen molar-refractivity contribution < 1.29 is 19.4 Å². The molecule has 1 unspecified atom stereocenters. The highest BCUT2D eigenvalue weighted by Crippen LogP contribution is 2.30. The van der Waals surface area contributed by atoms with Crippen LogP contribution in [0.25, 0.3) is 0 Å². The molecule has 2 N–H and O–H groups in total. The van der Waals surface area contributed by atoms with Gasteiger partial charge in [-0.05, 0) is 29.7 Å². The molecule has 2 atom stereocenters. The molecule has 0 saturated carbocycles. The lowest BCUT2D eigenvalue weighted by molar-refractivity contribution is -0.146. The monoisotopic (exact) mass is 417 g/mol. The van der Waals surface area contributed by atoms with Gasteiger partial charge in [0.25, 0.3) is 0 Å². The molecule has 0 saturated heterocycles. The standard InChI is InChI=1S/C23H28ClNO4/c1-3-4-13-20(22(27)29-2)25-21(26)16-23(28,18-10-6-5-7-11-18)15-17-9-8-12-19(24)14-17/h5-12,14,20,28H,3-4,13,15-16H2,1-2H3,(H,25,26)/t20-,23?/m0/s1. The largest absolute Gasteiger partial charge is 0.467 e. The molecule has 0 aromatic heterocycles. The predicted octanol–water partition coefficient (Wildman–Crippen LogP) is 4.01. The molecule has 0 aliphatic rings. The highest BCUT2D eigenvalue weighted by molar-refractivity contribution is 6.30. The minimum absolute atomic E-state index is 0.191. The SMILES string of the molecule is CCCC[C@H](NC(=O)CC(O)(Cc1cccc(Cl)c1)c1ccccc1)C(=O)OC. The van der Waals surface area contributed by atoms with E-state index in [4.69, 9.17) is 16.3 Å². The summed E-state index contributed by atoms with van der Waals surface area (Å²) in [5.41, 5.74) is -0.00740. The first-order chi connectivity index (χ1) is 13.9. The normalized spacial score (nSPS) is 13.9. The molecular weight excluding hydrogens is 390 g/mol.